The number of fused-ring (bicyclic) bond motifs is 1. The first-order valence-electron chi connectivity index (χ1n) is 8.88. The van der Waals surface area contributed by atoms with Gasteiger partial charge in [-0.15, -0.1) is 0 Å². The maximum Gasteiger partial charge on any atom is 0.262 e. The van der Waals surface area contributed by atoms with Crippen LogP contribution in [0.2, 0.25) is 0 Å². The Morgan fingerprint density at radius 1 is 1.00 bits per heavy atom. The van der Waals surface area contributed by atoms with E-state index in [1.165, 1.54) is 5.39 Å². The number of rotatable bonds is 6. The Bertz CT molecular complexity index is 948. The predicted octanol–water partition coefficient (Wildman–Crippen LogP) is 3.86. The fraction of sp³-hybridized carbons (Fsp3) is 0.182. The lowest BCUT2D eigenvalue weighted by molar-refractivity contribution is -0.121. The SMILES string of the molecule is C[C@H](Nc1ccc2ccccc2c1)C(=O)N/N=C\c1ccc(N(C)C)cc1. The van der Waals surface area contributed by atoms with Crippen LogP contribution in [0, 0.1) is 0 Å². The van der Waals surface area contributed by atoms with Gasteiger partial charge in [0.25, 0.3) is 5.91 Å². The summed E-state index contributed by atoms with van der Waals surface area (Å²) in [4.78, 5) is 14.3. The lowest BCUT2D eigenvalue weighted by atomic mass is 10.1. The fourth-order valence-corrected chi connectivity index (χ4v) is 2.72. The van der Waals surface area contributed by atoms with Crippen molar-refractivity contribution in [2.75, 3.05) is 24.3 Å². The number of hydrogen-bond acceptors (Lipinski definition) is 4. The summed E-state index contributed by atoms with van der Waals surface area (Å²) in [7, 11) is 3.99. The fourth-order valence-electron chi connectivity index (χ4n) is 2.72. The van der Waals surface area contributed by atoms with Crippen LogP contribution >= 0.6 is 0 Å². The number of anilines is 2. The summed E-state index contributed by atoms with van der Waals surface area (Å²) >= 11 is 0. The molecular formula is C22H24N4O. The molecule has 3 aromatic rings. The van der Waals surface area contributed by atoms with Gasteiger partial charge in [-0.1, -0.05) is 42.5 Å². The zero-order valence-corrected chi connectivity index (χ0v) is 15.8. The molecule has 0 saturated carbocycles. The van der Waals surface area contributed by atoms with E-state index in [1.807, 2.05) is 80.5 Å². The highest BCUT2D eigenvalue weighted by molar-refractivity contribution is 5.89. The van der Waals surface area contributed by atoms with Crippen LogP contribution in [0.4, 0.5) is 11.4 Å². The van der Waals surface area contributed by atoms with Crippen LogP contribution in [0.3, 0.4) is 0 Å². The zero-order valence-electron chi connectivity index (χ0n) is 15.8. The Hall–Kier alpha value is -3.34. The van der Waals surface area contributed by atoms with Crippen molar-refractivity contribution in [2.24, 2.45) is 5.10 Å². The molecular weight excluding hydrogens is 336 g/mol. The van der Waals surface area contributed by atoms with Crippen LogP contribution < -0.4 is 15.6 Å². The van der Waals surface area contributed by atoms with Crippen LogP contribution in [-0.4, -0.2) is 32.3 Å². The van der Waals surface area contributed by atoms with Gasteiger partial charge in [-0.05, 0) is 47.5 Å². The molecule has 5 nitrogen and oxygen atoms in total. The van der Waals surface area contributed by atoms with Crippen molar-refractivity contribution in [1.82, 2.24) is 5.43 Å². The maximum absolute atomic E-state index is 12.3. The molecule has 0 unspecified atom stereocenters. The van der Waals surface area contributed by atoms with Crippen molar-refractivity contribution in [3.63, 3.8) is 0 Å². The quantitative estimate of drug-likeness (QED) is 0.518. The standard InChI is InChI=1S/C22H24N4O/c1-16(24-20-11-10-18-6-4-5-7-19(18)14-20)22(27)25-23-15-17-8-12-21(13-9-17)26(2)3/h4-16,24H,1-3H3,(H,25,27)/b23-15-/t16-/m0/s1. The normalized spacial score (nSPS) is 12.1. The molecule has 0 radical (unpaired) electrons. The van der Waals surface area contributed by atoms with Crippen molar-refractivity contribution in [3.8, 4) is 0 Å². The van der Waals surface area contributed by atoms with E-state index in [9.17, 15) is 4.79 Å². The second-order valence-corrected chi connectivity index (χ2v) is 6.65. The Labute approximate surface area is 159 Å². The molecule has 0 bridgehead atoms. The summed E-state index contributed by atoms with van der Waals surface area (Å²) in [5, 5.41) is 9.57. The van der Waals surface area contributed by atoms with Gasteiger partial charge in [-0.3, -0.25) is 4.79 Å². The van der Waals surface area contributed by atoms with Gasteiger partial charge in [0, 0.05) is 25.5 Å². The molecule has 0 aromatic heterocycles. The number of carbonyl (C=O) groups is 1. The van der Waals surface area contributed by atoms with Crippen molar-refractivity contribution < 1.29 is 4.79 Å². The monoisotopic (exact) mass is 360 g/mol. The molecule has 1 atom stereocenters. The van der Waals surface area contributed by atoms with E-state index in [-0.39, 0.29) is 5.91 Å². The molecule has 3 rings (SSSR count). The van der Waals surface area contributed by atoms with Gasteiger partial charge in [-0.2, -0.15) is 5.10 Å². The molecule has 2 N–H and O–H groups in total. The minimum Gasteiger partial charge on any atom is -0.378 e. The Morgan fingerprint density at radius 2 is 1.70 bits per heavy atom. The lowest BCUT2D eigenvalue weighted by Crippen LogP contribution is -2.34. The first-order chi connectivity index (χ1) is 13.0. The molecule has 5 heteroatoms. The highest BCUT2D eigenvalue weighted by atomic mass is 16.2. The van der Waals surface area contributed by atoms with E-state index >= 15 is 0 Å². The third kappa shape index (κ3) is 4.85. The van der Waals surface area contributed by atoms with Crippen molar-refractivity contribution >= 4 is 34.3 Å². The third-order valence-electron chi connectivity index (χ3n) is 4.32. The van der Waals surface area contributed by atoms with Gasteiger partial charge in [0.1, 0.15) is 6.04 Å². The van der Waals surface area contributed by atoms with E-state index < -0.39 is 6.04 Å². The molecule has 0 aliphatic carbocycles. The van der Waals surface area contributed by atoms with Crippen molar-refractivity contribution in [3.05, 3.63) is 72.3 Å². The molecule has 0 saturated heterocycles. The van der Waals surface area contributed by atoms with Crippen LogP contribution in [-0.2, 0) is 4.79 Å². The summed E-state index contributed by atoms with van der Waals surface area (Å²) in [5.41, 5.74) is 5.53. The number of nitrogens with zero attached hydrogens (tertiary/aromatic N) is 2. The van der Waals surface area contributed by atoms with E-state index in [2.05, 4.69) is 28.0 Å². The molecule has 1 amide bonds. The van der Waals surface area contributed by atoms with E-state index in [4.69, 9.17) is 0 Å². The van der Waals surface area contributed by atoms with Gasteiger partial charge in [0.15, 0.2) is 0 Å². The van der Waals surface area contributed by atoms with Gasteiger partial charge in [0.05, 0.1) is 6.21 Å². The minimum atomic E-state index is -0.403. The predicted molar refractivity (Wildman–Crippen MR) is 114 cm³/mol. The molecule has 3 aromatic carbocycles. The van der Waals surface area contributed by atoms with Crippen molar-refractivity contribution in [1.29, 1.82) is 0 Å². The van der Waals surface area contributed by atoms with Crippen LogP contribution in [0.5, 0.6) is 0 Å². The Kier molecular flexibility index (Phi) is 5.71. The van der Waals surface area contributed by atoms with Gasteiger partial charge in [0.2, 0.25) is 0 Å². The second kappa shape index (κ2) is 8.36. The summed E-state index contributed by atoms with van der Waals surface area (Å²) in [6, 6.07) is 21.7. The van der Waals surface area contributed by atoms with Gasteiger partial charge in [-0.25, -0.2) is 5.43 Å². The van der Waals surface area contributed by atoms with Crippen LogP contribution in [0.25, 0.3) is 10.8 Å². The number of amides is 1. The zero-order chi connectivity index (χ0) is 19.2. The lowest BCUT2D eigenvalue weighted by Gasteiger charge is -2.14. The molecule has 138 valence electrons. The first kappa shape index (κ1) is 18.5. The largest absolute Gasteiger partial charge is 0.378 e. The summed E-state index contributed by atoms with van der Waals surface area (Å²) in [6.07, 6.45) is 1.64. The van der Waals surface area contributed by atoms with Crippen molar-refractivity contribution in [2.45, 2.75) is 13.0 Å². The van der Waals surface area contributed by atoms with E-state index in [0.717, 1.165) is 22.3 Å². The smallest absolute Gasteiger partial charge is 0.262 e. The highest BCUT2D eigenvalue weighted by Crippen LogP contribution is 2.19. The number of benzene rings is 3. The average Bonchev–Trinajstić information content (AvgIpc) is 2.68. The van der Waals surface area contributed by atoms with E-state index in [0.29, 0.717) is 0 Å². The molecule has 0 fully saturated rings. The molecule has 27 heavy (non-hydrogen) atoms. The average molecular weight is 360 g/mol. The topological polar surface area (TPSA) is 56.7 Å². The summed E-state index contributed by atoms with van der Waals surface area (Å²) in [6.45, 7) is 1.81. The van der Waals surface area contributed by atoms with Gasteiger partial charge < -0.3 is 10.2 Å². The minimum absolute atomic E-state index is 0.190. The van der Waals surface area contributed by atoms with E-state index in [1.54, 1.807) is 6.21 Å². The number of carbonyl (C=O) groups excluding carboxylic acids is 1. The van der Waals surface area contributed by atoms with Crippen LogP contribution in [0.15, 0.2) is 71.8 Å². The Morgan fingerprint density at radius 3 is 2.41 bits per heavy atom. The molecule has 0 heterocycles. The first-order valence-corrected chi connectivity index (χ1v) is 8.88. The second-order valence-electron chi connectivity index (χ2n) is 6.65. The summed E-state index contributed by atoms with van der Waals surface area (Å²) in [5.74, 6) is -0.190. The van der Waals surface area contributed by atoms with Gasteiger partial charge >= 0.3 is 0 Å². The molecule has 0 aliphatic heterocycles. The molecule has 0 spiro atoms. The maximum atomic E-state index is 12.3. The van der Waals surface area contributed by atoms with Crippen LogP contribution in [0.1, 0.15) is 12.5 Å². The number of hydrazone groups is 1. The highest BCUT2D eigenvalue weighted by Gasteiger charge is 2.11. The number of hydrogen-bond donors (Lipinski definition) is 2. The summed E-state index contributed by atoms with van der Waals surface area (Å²) < 4.78 is 0. The Balaban J connectivity index is 1.56. The molecule has 0 aliphatic rings. The third-order valence-corrected chi connectivity index (χ3v) is 4.32. The number of nitrogens with one attached hydrogen (secondary N) is 2.